The van der Waals surface area contributed by atoms with E-state index in [2.05, 4.69) is 27.4 Å². The van der Waals surface area contributed by atoms with Crippen molar-refractivity contribution in [3.8, 4) is 28.6 Å². The molecule has 0 N–H and O–H groups in total. The van der Waals surface area contributed by atoms with E-state index in [-0.39, 0.29) is 0 Å². The molecule has 2 aromatic heterocycles. The quantitative estimate of drug-likeness (QED) is 0.520. The smallest absolute Gasteiger partial charge is 0.248 e. The summed E-state index contributed by atoms with van der Waals surface area (Å²) >= 11 is 0. The van der Waals surface area contributed by atoms with Gasteiger partial charge < -0.3 is 4.42 Å². The van der Waals surface area contributed by atoms with Crippen LogP contribution in [0.4, 0.5) is 0 Å². The number of unbranched alkanes of at least 4 members (excludes halogenated alkanes) is 1. The largest absolute Gasteiger partial charge is 0.416 e. The molecule has 0 atom stereocenters. The van der Waals surface area contributed by atoms with Crippen LogP contribution < -0.4 is 0 Å². The van der Waals surface area contributed by atoms with Crippen molar-refractivity contribution in [2.24, 2.45) is 0 Å². The molecule has 0 unspecified atom stereocenters. The predicted molar refractivity (Wildman–Crippen MR) is 98.7 cm³/mol. The molecule has 26 heavy (non-hydrogen) atoms. The van der Waals surface area contributed by atoms with Gasteiger partial charge in [0.25, 0.3) is 0 Å². The Hall–Kier alpha value is -3.28. The van der Waals surface area contributed by atoms with Gasteiger partial charge in [-0.3, -0.25) is 0 Å². The molecule has 0 radical (unpaired) electrons. The Kier molecular flexibility index (Phi) is 4.55. The molecule has 0 fully saturated rings. The molecule has 2 aromatic carbocycles. The van der Waals surface area contributed by atoms with Crippen LogP contribution in [-0.2, 0) is 6.42 Å². The van der Waals surface area contributed by atoms with Gasteiger partial charge in [0.1, 0.15) is 0 Å². The summed E-state index contributed by atoms with van der Waals surface area (Å²) in [7, 11) is 0. The molecule has 0 bridgehead atoms. The zero-order chi connectivity index (χ0) is 17.8. The molecular formula is C20H19N5O. The van der Waals surface area contributed by atoms with Crippen molar-refractivity contribution in [2.45, 2.75) is 26.2 Å². The highest BCUT2D eigenvalue weighted by Gasteiger charge is 2.10. The first-order valence-corrected chi connectivity index (χ1v) is 8.74. The molecule has 0 aliphatic carbocycles. The summed E-state index contributed by atoms with van der Waals surface area (Å²) in [6.07, 6.45) is 5.21. The van der Waals surface area contributed by atoms with Gasteiger partial charge in [0.15, 0.2) is 0 Å². The Morgan fingerprint density at radius 3 is 2.23 bits per heavy atom. The highest BCUT2D eigenvalue weighted by atomic mass is 16.4. The summed E-state index contributed by atoms with van der Waals surface area (Å²) < 4.78 is 7.58. The number of hydrogen-bond donors (Lipinski definition) is 0. The molecule has 130 valence electrons. The standard InChI is InChI=1S/C20H19N5O/c1-2-3-9-17-14-25(24-21-17)18-12-10-16(11-13-18)20-23-22-19(26-20)15-7-5-4-6-8-15/h4-8,10-14H,2-3,9H2,1H3. The van der Waals surface area contributed by atoms with E-state index in [1.54, 1.807) is 4.68 Å². The van der Waals surface area contributed by atoms with Crippen LogP contribution in [0.1, 0.15) is 25.5 Å². The van der Waals surface area contributed by atoms with Gasteiger partial charge in [0.05, 0.1) is 17.6 Å². The second-order valence-electron chi connectivity index (χ2n) is 6.08. The van der Waals surface area contributed by atoms with E-state index in [0.717, 1.165) is 41.8 Å². The molecule has 4 aromatic rings. The SMILES string of the molecule is CCCCc1cn(-c2ccc(-c3nnc(-c4ccccc4)o3)cc2)nn1. The van der Waals surface area contributed by atoms with E-state index < -0.39 is 0 Å². The topological polar surface area (TPSA) is 69.6 Å². The Morgan fingerprint density at radius 1 is 0.846 bits per heavy atom. The molecule has 0 saturated heterocycles. The zero-order valence-electron chi connectivity index (χ0n) is 14.5. The first kappa shape index (κ1) is 16.2. The van der Waals surface area contributed by atoms with Crippen LogP contribution in [0, 0.1) is 0 Å². The number of rotatable bonds is 6. The van der Waals surface area contributed by atoms with Gasteiger partial charge in [-0.05, 0) is 49.2 Å². The van der Waals surface area contributed by atoms with Crippen LogP contribution in [-0.4, -0.2) is 25.2 Å². The van der Waals surface area contributed by atoms with E-state index in [4.69, 9.17) is 4.42 Å². The molecule has 6 nitrogen and oxygen atoms in total. The number of aryl methyl sites for hydroxylation is 1. The number of hydrogen-bond acceptors (Lipinski definition) is 5. The fraction of sp³-hybridized carbons (Fsp3) is 0.200. The second-order valence-corrected chi connectivity index (χ2v) is 6.08. The van der Waals surface area contributed by atoms with Gasteiger partial charge in [-0.15, -0.1) is 15.3 Å². The lowest BCUT2D eigenvalue weighted by atomic mass is 10.2. The third kappa shape index (κ3) is 3.39. The lowest BCUT2D eigenvalue weighted by Gasteiger charge is -2.00. The highest BCUT2D eigenvalue weighted by molar-refractivity contribution is 5.58. The molecular weight excluding hydrogens is 326 g/mol. The lowest BCUT2D eigenvalue weighted by molar-refractivity contribution is 0.584. The van der Waals surface area contributed by atoms with Crippen molar-refractivity contribution in [1.29, 1.82) is 0 Å². The van der Waals surface area contributed by atoms with E-state index in [1.165, 1.54) is 0 Å². The van der Waals surface area contributed by atoms with Gasteiger partial charge in [-0.1, -0.05) is 36.8 Å². The van der Waals surface area contributed by atoms with Gasteiger partial charge in [0, 0.05) is 11.1 Å². The molecule has 0 aliphatic heterocycles. The normalized spacial score (nSPS) is 11.0. The minimum atomic E-state index is 0.498. The van der Waals surface area contributed by atoms with Gasteiger partial charge in [-0.25, -0.2) is 4.68 Å². The number of aromatic nitrogens is 5. The Morgan fingerprint density at radius 2 is 1.54 bits per heavy atom. The van der Waals surface area contributed by atoms with E-state index in [1.807, 2.05) is 60.8 Å². The minimum absolute atomic E-state index is 0.498. The van der Waals surface area contributed by atoms with Crippen LogP contribution in [0.2, 0.25) is 0 Å². The molecule has 2 heterocycles. The van der Waals surface area contributed by atoms with Crippen LogP contribution in [0.25, 0.3) is 28.6 Å². The average molecular weight is 345 g/mol. The summed E-state index contributed by atoms with van der Waals surface area (Å²) in [6, 6.07) is 17.6. The van der Waals surface area contributed by atoms with E-state index in [9.17, 15) is 0 Å². The van der Waals surface area contributed by atoms with Crippen molar-refractivity contribution >= 4 is 0 Å². The summed E-state index contributed by atoms with van der Waals surface area (Å²) in [5.41, 5.74) is 3.74. The fourth-order valence-electron chi connectivity index (χ4n) is 2.69. The first-order valence-electron chi connectivity index (χ1n) is 8.74. The Labute approximate surface area is 151 Å². The Balaban J connectivity index is 1.53. The monoisotopic (exact) mass is 345 g/mol. The molecule has 0 amide bonds. The molecule has 0 saturated carbocycles. The van der Waals surface area contributed by atoms with Gasteiger partial charge in [0.2, 0.25) is 11.8 Å². The van der Waals surface area contributed by atoms with Crippen LogP contribution in [0.15, 0.2) is 65.2 Å². The van der Waals surface area contributed by atoms with Crippen molar-refractivity contribution in [3.05, 3.63) is 66.5 Å². The van der Waals surface area contributed by atoms with Crippen molar-refractivity contribution in [3.63, 3.8) is 0 Å². The zero-order valence-corrected chi connectivity index (χ0v) is 14.5. The summed E-state index contributed by atoms with van der Waals surface area (Å²) in [5.74, 6) is 1.01. The molecule has 0 aliphatic rings. The maximum Gasteiger partial charge on any atom is 0.248 e. The molecule has 6 heteroatoms. The third-order valence-electron chi connectivity index (χ3n) is 4.15. The summed E-state index contributed by atoms with van der Waals surface area (Å²) in [6.45, 7) is 2.17. The predicted octanol–water partition coefficient (Wildman–Crippen LogP) is 4.33. The van der Waals surface area contributed by atoms with E-state index >= 15 is 0 Å². The summed E-state index contributed by atoms with van der Waals surface area (Å²) in [4.78, 5) is 0. The number of benzene rings is 2. The first-order chi connectivity index (χ1) is 12.8. The van der Waals surface area contributed by atoms with Crippen LogP contribution in [0.5, 0.6) is 0 Å². The summed E-state index contributed by atoms with van der Waals surface area (Å²) in [5, 5.41) is 16.7. The van der Waals surface area contributed by atoms with Crippen molar-refractivity contribution in [2.75, 3.05) is 0 Å². The van der Waals surface area contributed by atoms with Gasteiger partial charge in [-0.2, -0.15) is 0 Å². The molecule has 0 spiro atoms. The molecule has 4 rings (SSSR count). The van der Waals surface area contributed by atoms with Crippen molar-refractivity contribution < 1.29 is 4.42 Å². The highest BCUT2D eigenvalue weighted by Crippen LogP contribution is 2.24. The maximum atomic E-state index is 5.79. The third-order valence-corrected chi connectivity index (χ3v) is 4.15. The maximum absolute atomic E-state index is 5.79. The van der Waals surface area contributed by atoms with Crippen LogP contribution in [0.3, 0.4) is 0 Å². The minimum Gasteiger partial charge on any atom is -0.416 e. The average Bonchev–Trinajstić information content (AvgIpc) is 3.37. The van der Waals surface area contributed by atoms with Crippen LogP contribution >= 0.6 is 0 Å². The number of nitrogens with zero attached hydrogens (tertiary/aromatic N) is 5. The lowest BCUT2D eigenvalue weighted by Crippen LogP contribution is -1.94. The Bertz CT molecular complexity index is 973. The second kappa shape index (κ2) is 7.31. The van der Waals surface area contributed by atoms with E-state index in [0.29, 0.717) is 11.8 Å². The van der Waals surface area contributed by atoms with Gasteiger partial charge >= 0.3 is 0 Å². The fourth-order valence-corrected chi connectivity index (χ4v) is 2.69. The van der Waals surface area contributed by atoms with Crippen molar-refractivity contribution in [1.82, 2.24) is 25.2 Å².